The Labute approximate surface area is 171 Å². The van der Waals surface area contributed by atoms with Crippen molar-refractivity contribution in [2.24, 2.45) is 0 Å². The lowest BCUT2D eigenvalue weighted by Crippen LogP contribution is -2.09. The average Bonchev–Trinajstić information content (AvgIpc) is 2.74. The van der Waals surface area contributed by atoms with Crippen LogP contribution in [-0.2, 0) is 0 Å². The zero-order valence-corrected chi connectivity index (χ0v) is 16.3. The zero-order valence-electron chi connectivity index (χ0n) is 16.3. The number of hydrogen-bond acceptors (Lipinski definition) is 5. The molecule has 0 aliphatic carbocycles. The van der Waals surface area contributed by atoms with Gasteiger partial charge in [0.2, 0.25) is 0 Å². The van der Waals surface area contributed by atoms with E-state index >= 15 is 0 Å². The summed E-state index contributed by atoms with van der Waals surface area (Å²) in [6.45, 7) is 1.83. The topological polar surface area (TPSA) is 65.7 Å². The molecule has 150 valence electrons. The third kappa shape index (κ3) is 3.67. The second kappa shape index (κ2) is 7.83. The fourth-order valence-corrected chi connectivity index (χ4v) is 3.27. The van der Waals surface area contributed by atoms with Gasteiger partial charge in [-0.15, -0.1) is 0 Å². The van der Waals surface area contributed by atoms with Crippen LogP contribution in [0.15, 0.2) is 75.9 Å². The smallest absolute Gasteiger partial charge is 0.344 e. The van der Waals surface area contributed by atoms with Gasteiger partial charge >= 0.3 is 11.6 Å². The normalized spacial score (nSPS) is 10.8. The molecule has 30 heavy (non-hydrogen) atoms. The Kier molecular flexibility index (Phi) is 5.06. The molecule has 0 bridgehead atoms. The van der Waals surface area contributed by atoms with E-state index in [2.05, 4.69) is 0 Å². The molecule has 1 aromatic heterocycles. The van der Waals surface area contributed by atoms with Gasteiger partial charge in [0.15, 0.2) is 0 Å². The molecular weight excluding hydrogens is 387 g/mol. The second-order valence-corrected chi connectivity index (χ2v) is 6.68. The van der Waals surface area contributed by atoms with E-state index in [1.54, 1.807) is 43.5 Å². The highest BCUT2D eigenvalue weighted by molar-refractivity contribution is 5.92. The molecule has 6 heteroatoms. The van der Waals surface area contributed by atoms with Crippen molar-refractivity contribution < 1.29 is 23.1 Å². The van der Waals surface area contributed by atoms with Gasteiger partial charge < -0.3 is 13.9 Å². The summed E-state index contributed by atoms with van der Waals surface area (Å²) in [5.41, 5.74) is 1.79. The summed E-state index contributed by atoms with van der Waals surface area (Å²) in [5.74, 6) is -0.360. The Hall–Kier alpha value is -3.93. The summed E-state index contributed by atoms with van der Waals surface area (Å²) in [6.07, 6.45) is 0. The van der Waals surface area contributed by atoms with Gasteiger partial charge in [-0.05, 0) is 60.5 Å². The van der Waals surface area contributed by atoms with Crippen LogP contribution in [0.5, 0.6) is 11.5 Å². The van der Waals surface area contributed by atoms with Crippen LogP contribution in [0.25, 0.3) is 22.1 Å². The lowest BCUT2D eigenvalue weighted by atomic mass is 9.99. The summed E-state index contributed by atoms with van der Waals surface area (Å²) >= 11 is 0. The standard InChI is InChI=1S/C24H17FO5/c1-14-20-11-10-19(29-23(26)16-4-3-5-17(25)12-16)13-21(20)30-24(27)22(14)15-6-8-18(28-2)9-7-15/h3-13H,1-2H3. The molecule has 3 aromatic carbocycles. The van der Waals surface area contributed by atoms with Gasteiger partial charge in [-0.25, -0.2) is 14.0 Å². The van der Waals surface area contributed by atoms with Crippen molar-refractivity contribution in [2.75, 3.05) is 7.11 Å². The fraction of sp³-hybridized carbons (Fsp3) is 0.0833. The Morgan fingerprint density at radius 2 is 1.70 bits per heavy atom. The number of carbonyl (C=O) groups excluding carboxylic acids is 1. The van der Waals surface area contributed by atoms with Crippen molar-refractivity contribution in [1.82, 2.24) is 0 Å². The summed E-state index contributed by atoms with van der Waals surface area (Å²) in [6, 6.07) is 17.1. The predicted octanol–water partition coefficient (Wildman–Crippen LogP) is 5.14. The number of ether oxygens (including phenoxy) is 2. The molecule has 0 saturated carbocycles. The molecule has 0 aliphatic heterocycles. The maximum atomic E-state index is 13.3. The summed E-state index contributed by atoms with van der Waals surface area (Å²) < 4.78 is 29.3. The quantitative estimate of drug-likeness (QED) is 0.268. The minimum atomic E-state index is -0.706. The number of fused-ring (bicyclic) bond motifs is 1. The Morgan fingerprint density at radius 3 is 2.40 bits per heavy atom. The molecule has 0 atom stereocenters. The van der Waals surface area contributed by atoms with Crippen LogP contribution in [0.2, 0.25) is 0 Å². The van der Waals surface area contributed by atoms with Crippen LogP contribution in [0.4, 0.5) is 4.39 Å². The van der Waals surface area contributed by atoms with E-state index in [9.17, 15) is 14.0 Å². The van der Waals surface area contributed by atoms with Crippen LogP contribution >= 0.6 is 0 Å². The van der Waals surface area contributed by atoms with E-state index in [-0.39, 0.29) is 11.3 Å². The Balaban J connectivity index is 1.70. The SMILES string of the molecule is COc1ccc(-c2c(C)c3ccc(OC(=O)c4cccc(F)c4)cc3oc2=O)cc1. The number of aryl methyl sites for hydroxylation is 1. The van der Waals surface area contributed by atoms with E-state index in [0.717, 1.165) is 11.6 Å². The molecule has 0 fully saturated rings. The van der Waals surface area contributed by atoms with Crippen LogP contribution in [0.3, 0.4) is 0 Å². The lowest BCUT2D eigenvalue weighted by Gasteiger charge is -2.10. The molecule has 0 radical (unpaired) electrons. The van der Waals surface area contributed by atoms with Crippen LogP contribution in [-0.4, -0.2) is 13.1 Å². The fourth-order valence-electron chi connectivity index (χ4n) is 3.27. The molecule has 0 N–H and O–H groups in total. The van der Waals surface area contributed by atoms with Crippen molar-refractivity contribution in [1.29, 1.82) is 0 Å². The summed E-state index contributed by atoms with van der Waals surface area (Å²) in [7, 11) is 1.57. The van der Waals surface area contributed by atoms with Gasteiger partial charge in [-0.1, -0.05) is 18.2 Å². The molecule has 0 amide bonds. The van der Waals surface area contributed by atoms with Crippen molar-refractivity contribution in [3.63, 3.8) is 0 Å². The van der Waals surface area contributed by atoms with Crippen molar-refractivity contribution in [2.45, 2.75) is 6.92 Å². The minimum absolute atomic E-state index is 0.0857. The van der Waals surface area contributed by atoms with Crippen LogP contribution in [0, 0.1) is 12.7 Å². The molecule has 0 saturated heterocycles. The molecule has 4 aromatic rings. The van der Waals surface area contributed by atoms with E-state index in [0.29, 0.717) is 27.8 Å². The maximum Gasteiger partial charge on any atom is 0.344 e. The highest BCUT2D eigenvalue weighted by atomic mass is 19.1. The number of esters is 1. The molecule has 5 nitrogen and oxygen atoms in total. The highest BCUT2D eigenvalue weighted by Crippen LogP contribution is 2.30. The Bertz CT molecular complexity index is 1310. The molecule has 0 spiro atoms. The minimum Gasteiger partial charge on any atom is -0.497 e. The first kappa shape index (κ1) is 19.4. The number of rotatable bonds is 4. The van der Waals surface area contributed by atoms with Crippen LogP contribution in [0.1, 0.15) is 15.9 Å². The van der Waals surface area contributed by atoms with Gasteiger partial charge in [-0.2, -0.15) is 0 Å². The number of carbonyl (C=O) groups is 1. The highest BCUT2D eigenvalue weighted by Gasteiger charge is 2.15. The number of benzene rings is 3. The van der Waals surface area contributed by atoms with Gasteiger partial charge in [0, 0.05) is 11.5 Å². The van der Waals surface area contributed by atoms with Crippen molar-refractivity contribution >= 4 is 16.9 Å². The monoisotopic (exact) mass is 404 g/mol. The molecule has 4 rings (SSSR count). The summed E-state index contributed by atoms with van der Waals surface area (Å²) in [5, 5.41) is 0.714. The number of halogens is 1. The number of hydrogen-bond donors (Lipinski definition) is 0. The van der Waals surface area contributed by atoms with Crippen molar-refractivity contribution in [3.05, 3.63) is 94.1 Å². The third-order valence-electron chi connectivity index (χ3n) is 4.79. The van der Waals surface area contributed by atoms with Gasteiger partial charge in [0.05, 0.1) is 18.2 Å². The predicted molar refractivity (Wildman–Crippen MR) is 111 cm³/mol. The van der Waals surface area contributed by atoms with Crippen molar-refractivity contribution in [3.8, 4) is 22.6 Å². The second-order valence-electron chi connectivity index (χ2n) is 6.68. The Morgan fingerprint density at radius 1 is 0.967 bits per heavy atom. The molecule has 1 heterocycles. The average molecular weight is 404 g/mol. The largest absolute Gasteiger partial charge is 0.497 e. The van der Waals surface area contributed by atoms with E-state index in [4.69, 9.17) is 13.9 Å². The zero-order chi connectivity index (χ0) is 21.3. The first-order valence-electron chi connectivity index (χ1n) is 9.16. The lowest BCUT2D eigenvalue weighted by molar-refractivity contribution is 0.0734. The van der Waals surface area contributed by atoms with E-state index in [1.807, 2.05) is 6.92 Å². The van der Waals surface area contributed by atoms with Gasteiger partial charge in [-0.3, -0.25) is 0 Å². The van der Waals surface area contributed by atoms with E-state index < -0.39 is 17.4 Å². The first-order chi connectivity index (χ1) is 14.5. The first-order valence-corrected chi connectivity index (χ1v) is 9.16. The number of methoxy groups -OCH3 is 1. The van der Waals surface area contributed by atoms with Gasteiger partial charge in [0.1, 0.15) is 22.9 Å². The third-order valence-corrected chi connectivity index (χ3v) is 4.79. The molecule has 0 aliphatic rings. The molecule has 0 unspecified atom stereocenters. The van der Waals surface area contributed by atoms with Gasteiger partial charge in [0.25, 0.3) is 0 Å². The summed E-state index contributed by atoms with van der Waals surface area (Å²) in [4.78, 5) is 24.9. The molecular formula is C24H17FO5. The van der Waals surface area contributed by atoms with E-state index in [1.165, 1.54) is 24.3 Å². The van der Waals surface area contributed by atoms with Crippen LogP contribution < -0.4 is 15.1 Å². The maximum absolute atomic E-state index is 13.3.